The average molecular weight is 252 g/mol. The van der Waals surface area contributed by atoms with Crippen LogP contribution in [0.25, 0.3) is 0 Å². The second kappa shape index (κ2) is 7.75. The van der Waals surface area contributed by atoms with E-state index in [4.69, 9.17) is 11.5 Å². The lowest BCUT2D eigenvalue weighted by Gasteiger charge is -2.21. The Labute approximate surface area is 109 Å². The van der Waals surface area contributed by atoms with Crippen LogP contribution in [0.4, 0.5) is 0 Å². The zero-order valence-corrected chi connectivity index (χ0v) is 11.7. The summed E-state index contributed by atoms with van der Waals surface area (Å²) < 4.78 is 0. The van der Waals surface area contributed by atoms with Crippen LogP contribution in [-0.4, -0.2) is 18.8 Å². The lowest BCUT2D eigenvalue weighted by atomic mass is 9.88. The average Bonchev–Trinajstić information content (AvgIpc) is 2.38. The monoisotopic (exact) mass is 252 g/mol. The number of rotatable bonds is 7. The van der Waals surface area contributed by atoms with Crippen LogP contribution in [0.15, 0.2) is 29.2 Å². The van der Waals surface area contributed by atoms with Gasteiger partial charge >= 0.3 is 0 Å². The van der Waals surface area contributed by atoms with Crippen LogP contribution >= 0.6 is 11.8 Å². The predicted molar refractivity (Wildman–Crippen MR) is 77.5 cm³/mol. The van der Waals surface area contributed by atoms with Crippen molar-refractivity contribution in [3.05, 3.63) is 29.8 Å². The molecular weight excluding hydrogens is 228 g/mol. The Morgan fingerprint density at radius 3 is 2.18 bits per heavy atom. The summed E-state index contributed by atoms with van der Waals surface area (Å²) in [5, 5.41) is 0. The van der Waals surface area contributed by atoms with Gasteiger partial charge in [-0.1, -0.05) is 26.0 Å². The number of benzene rings is 1. The number of nitrogens with two attached hydrogens (primary N) is 2. The molecule has 0 aromatic heterocycles. The van der Waals surface area contributed by atoms with E-state index in [2.05, 4.69) is 38.1 Å². The van der Waals surface area contributed by atoms with E-state index in [9.17, 15) is 0 Å². The summed E-state index contributed by atoms with van der Waals surface area (Å²) in [6.45, 7) is 5.73. The Hall–Kier alpha value is -0.510. The van der Waals surface area contributed by atoms with Gasteiger partial charge in [0.2, 0.25) is 0 Å². The highest BCUT2D eigenvalue weighted by atomic mass is 32.2. The van der Waals surface area contributed by atoms with Gasteiger partial charge in [0.15, 0.2) is 0 Å². The van der Waals surface area contributed by atoms with Gasteiger partial charge in [0, 0.05) is 4.90 Å². The summed E-state index contributed by atoms with van der Waals surface area (Å²) in [6.07, 6.45) is 1.21. The molecule has 0 spiro atoms. The van der Waals surface area contributed by atoms with Crippen LogP contribution in [0.5, 0.6) is 0 Å². The van der Waals surface area contributed by atoms with Crippen molar-refractivity contribution in [1.29, 1.82) is 0 Å². The molecule has 0 amide bonds. The molecule has 1 unspecified atom stereocenters. The van der Waals surface area contributed by atoms with Crippen LogP contribution in [0, 0.1) is 5.92 Å². The molecule has 0 fully saturated rings. The zero-order chi connectivity index (χ0) is 12.7. The van der Waals surface area contributed by atoms with Crippen molar-refractivity contribution in [2.24, 2.45) is 17.4 Å². The molecule has 3 heteroatoms. The van der Waals surface area contributed by atoms with Gasteiger partial charge in [-0.05, 0) is 54.8 Å². The van der Waals surface area contributed by atoms with Gasteiger partial charge in [-0.15, -0.1) is 11.8 Å². The highest BCUT2D eigenvalue weighted by Crippen LogP contribution is 2.26. The fourth-order valence-electron chi connectivity index (χ4n) is 1.86. The lowest BCUT2D eigenvalue weighted by molar-refractivity contribution is 0.466. The maximum atomic E-state index is 5.73. The van der Waals surface area contributed by atoms with E-state index in [0.717, 1.165) is 0 Å². The summed E-state index contributed by atoms with van der Waals surface area (Å²) in [5.41, 5.74) is 12.8. The van der Waals surface area contributed by atoms with Crippen molar-refractivity contribution >= 4 is 11.8 Å². The maximum absolute atomic E-state index is 5.73. The smallest absolute Gasteiger partial charge is 0.00721 e. The Morgan fingerprint density at radius 1 is 1.12 bits per heavy atom. The molecule has 2 nitrogen and oxygen atoms in total. The summed E-state index contributed by atoms with van der Waals surface area (Å²) in [6, 6.07) is 8.83. The van der Waals surface area contributed by atoms with Crippen LogP contribution in [0.3, 0.4) is 0 Å². The minimum absolute atomic E-state index is 0.379. The molecule has 0 radical (unpaired) electrons. The van der Waals surface area contributed by atoms with Crippen molar-refractivity contribution in [1.82, 2.24) is 0 Å². The van der Waals surface area contributed by atoms with Gasteiger partial charge in [0.25, 0.3) is 0 Å². The molecule has 1 aromatic rings. The highest BCUT2D eigenvalue weighted by Gasteiger charge is 2.15. The van der Waals surface area contributed by atoms with Crippen LogP contribution in [-0.2, 0) is 0 Å². The molecule has 1 atom stereocenters. The number of hydrogen-bond acceptors (Lipinski definition) is 3. The third-order valence-corrected chi connectivity index (χ3v) is 4.41. The van der Waals surface area contributed by atoms with Gasteiger partial charge < -0.3 is 11.5 Å². The van der Waals surface area contributed by atoms with Gasteiger partial charge in [0.05, 0.1) is 0 Å². The van der Waals surface area contributed by atoms with Gasteiger partial charge in [-0.2, -0.15) is 0 Å². The van der Waals surface area contributed by atoms with E-state index in [1.807, 2.05) is 11.8 Å². The quantitative estimate of drug-likeness (QED) is 0.734. The summed E-state index contributed by atoms with van der Waals surface area (Å²) >= 11 is 1.91. The molecule has 0 bridgehead atoms. The summed E-state index contributed by atoms with van der Waals surface area (Å²) in [7, 11) is 0. The SMILES string of the molecule is CCCSc1ccc(C(C)C(CN)CN)cc1. The van der Waals surface area contributed by atoms with E-state index in [1.165, 1.54) is 22.6 Å². The topological polar surface area (TPSA) is 52.0 Å². The third kappa shape index (κ3) is 4.34. The molecule has 0 aliphatic rings. The molecule has 0 aliphatic heterocycles. The molecule has 1 aromatic carbocycles. The van der Waals surface area contributed by atoms with Crippen LogP contribution in [0.2, 0.25) is 0 Å². The minimum Gasteiger partial charge on any atom is -0.330 e. The van der Waals surface area contributed by atoms with E-state index < -0.39 is 0 Å². The number of hydrogen-bond donors (Lipinski definition) is 2. The third-order valence-electron chi connectivity index (χ3n) is 3.19. The van der Waals surface area contributed by atoms with Gasteiger partial charge in [-0.25, -0.2) is 0 Å². The summed E-state index contributed by atoms with van der Waals surface area (Å²) in [4.78, 5) is 1.35. The van der Waals surface area contributed by atoms with Crippen molar-refractivity contribution in [2.75, 3.05) is 18.8 Å². The Morgan fingerprint density at radius 2 is 1.71 bits per heavy atom. The highest BCUT2D eigenvalue weighted by molar-refractivity contribution is 7.99. The van der Waals surface area contributed by atoms with Gasteiger partial charge in [0.1, 0.15) is 0 Å². The second-order valence-electron chi connectivity index (χ2n) is 4.44. The molecule has 17 heavy (non-hydrogen) atoms. The molecular formula is C14H24N2S. The molecule has 0 saturated heterocycles. The van der Waals surface area contributed by atoms with Gasteiger partial charge in [-0.3, -0.25) is 0 Å². The first kappa shape index (κ1) is 14.6. The van der Waals surface area contributed by atoms with Crippen molar-refractivity contribution in [3.8, 4) is 0 Å². The molecule has 1 rings (SSSR count). The summed E-state index contributed by atoms with van der Waals surface area (Å²) in [5.74, 6) is 2.00. The standard InChI is InChI=1S/C14H24N2S/c1-3-8-17-14-6-4-12(5-7-14)11(2)13(9-15)10-16/h4-7,11,13H,3,8-10,15-16H2,1-2H3. The molecule has 0 aliphatic carbocycles. The van der Waals surface area contributed by atoms with E-state index in [1.54, 1.807) is 0 Å². The molecule has 0 heterocycles. The zero-order valence-electron chi connectivity index (χ0n) is 10.9. The molecule has 96 valence electrons. The normalized spacial score (nSPS) is 13.0. The molecule has 0 saturated carbocycles. The van der Waals surface area contributed by atoms with Crippen molar-refractivity contribution in [3.63, 3.8) is 0 Å². The maximum Gasteiger partial charge on any atom is 0.00721 e. The van der Waals surface area contributed by atoms with E-state index >= 15 is 0 Å². The van der Waals surface area contributed by atoms with Crippen molar-refractivity contribution in [2.45, 2.75) is 31.1 Å². The first-order valence-corrected chi connectivity index (χ1v) is 7.34. The van der Waals surface area contributed by atoms with E-state index in [0.29, 0.717) is 24.9 Å². The largest absolute Gasteiger partial charge is 0.330 e. The Bertz CT molecular complexity index is 307. The fourth-order valence-corrected chi connectivity index (χ4v) is 2.63. The lowest BCUT2D eigenvalue weighted by Crippen LogP contribution is -2.27. The van der Waals surface area contributed by atoms with Crippen molar-refractivity contribution < 1.29 is 0 Å². The first-order valence-electron chi connectivity index (χ1n) is 6.35. The van der Waals surface area contributed by atoms with Crippen LogP contribution < -0.4 is 11.5 Å². The predicted octanol–water partition coefficient (Wildman–Crippen LogP) is 2.83. The van der Waals surface area contributed by atoms with E-state index in [-0.39, 0.29) is 0 Å². The first-order chi connectivity index (χ1) is 8.22. The second-order valence-corrected chi connectivity index (χ2v) is 5.61. The fraction of sp³-hybridized carbons (Fsp3) is 0.571. The number of thioether (sulfide) groups is 1. The Balaban J connectivity index is 2.66. The Kier molecular flexibility index (Phi) is 6.63. The molecule has 4 N–H and O–H groups in total. The minimum atomic E-state index is 0.379. The van der Waals surface area contributed by atoms with Crippen LogP contribution in [0.1, 0.15) is 31.7 Å².